The fourth-order valence-electron chi connectivity index (χ4n) is 1.28. The zero-order valence-electron chi connectivity index (χ0n) is 10.5. The molecule has 0 bridgehead atoms. The van der Waals surface area contributed by atoms with Crippen LogP contribution in [-0.2, 0) is 14.8 Å². The van der Waals surface area contributed by atoms with Crippen LogP contribution in [0.1, 0.15) is 13.3 Å². The van der Waals surface area contributed by atoms with Crippen molar-refractivity contribution in [2.45, 2.75) is 18.2 Å². The molecule has 0 fully saturated rings. The lowest BCUT2D eigenvalue weighted by atomic mass is 10.5. The van der Waals surface area contributed by atoms with Gasteiger partial charge in [-0.05, 0) is 18.6 Å². The molecule has 0 saturated heterocycles. The first kappa shape index (κ1) is 15.3. The summed E-state index contributed by atoms with van der Waals surface area (Å²) in [4.78, 5) is 15.0. The molecule has 1 rings (SSSR count). The zero-order chi connectivity index (χ0) is 14.3. The van der Waals surface area contributed by atoms with Gasteiger partial charge in [0.2, 0.25) is 15.9 Å². The maximum absolute atomic E-state index is 12.0. The summed E-state index contributed by atoms with van der Waals surface area (Å²) in [7, 11) is -3.84. The number of amides is 1. The third kappa shape index (κ3) is 4.47. The molecule has 5 N–H and O–H groups in total. The predicted molar refractivity (Wildman–Crippen MR) is 70.5 cm³/mol. The van der Waals surface area contributed by atoms with Gasteiger partial charge in [0.1, 0.15) is 4.90 Å². The van der Waals surface area contributed by atoms with Crippen LogP contribution in [0.4, 0.5) is 5.82 Å². The Morgan fingerprint density at radius 1 is 1.47 bits per heavy atom. The highest BCUT2D eigenvalue weighted by Gasteiger charge is 2.19. The number of anilines is 1. The average molecular weight is 287 g/mol. The van der Waals surface area contributed by atoms with E-state index in [-0.39, 0.29) is 17.3 Å². The Kier molecular flexibility index (Phi) is 5.67. The Hall–Kier alpha value is -1.71. The minimum atomic E-state index is -3.84. The van der Waals surface area contributed by atoms with Gasteiger partial charge in [0.15, 0.2) is 5.82 Å². The van der Waals surface area contributed by atoms with E-state index < -0.39 is 15.9 Å². The number of nitrogens with one attached hydrogen (secondary N) is 3. The Bertz CT molecular complexity index is 532. The largest absolute Gasteiger partial charge is 0.355 e. The number of hydrazine groups is 1. The summed E-state index contributed by atoms with van der Waals surface area (Å²) < 4.78 is 26.1. The van der Waals surface area contributed by atoms with Crippen molar-refractivity contribution in [1.29, 1.82) is 0 Å². The van der Waals surface area contributed by atoms with E-state index in [1.165, 1.54) is 18.3 Å². The minimum Gasteiger partial charge on any atom is -0.355 e. The van der Waals surface area contributed by atoms with Gasteiger partial charge in [-0.2, -0.15) is 0 Å². The maximum Gasteiger partial charge on any atom is 0.244 e. The highest BCUT2D eigenvalue weighted by molar-refractivity contribution is 7.89. The monoisotopic (exact) mass is 287 g/mol. The first-order valence-electron chi connectivity index (χ1n) is 5.69. The summed E-state index contributed by atoms with van der Waals surface area (Å²) in [6, 6.07) is 2.81. The van der Waals surface area contributed by atoms with Gasteiger partial charge in [-0.1, -0.05) is 6.92 Å². The van der Waals surface area contributed by atoms with E-state index in [1.807, 2.05) is 6.92 Å². The molecule has 0 radical (unpaired) electrons. The highest BCUT2D eigenvalue weighted by atomic mass is 32.2. The van der Waals surface area contributed by atoms with Crippen molar-refractivity contribution < 1.29 is 13.2 Å². The van der Waals surface area contributed by atoms with Crippen molar-refractivity contribution in [3.63, 3.8) is 0 Å². The predicted octanol–water partition coefficient (Wildman–Crippen LogP) is -0.828. The third-order valence-electron chi connectivity index (χ3n) is 2.19. The zero-order valence-corrected chi connectivity index (χ0v) is 11.3. The van der Waals surface area contributed by atoms with Crippen molar-refractivity contribution in [3.8, 4) is 0 Å². The van der Waals surface area contributed by atoms with E-state index in [4.69, 9.17) is 5.84 Å². The SMILES string of the molecule is CCCNC(=O)CNS(=O)(=O)c1cccnc1NN. The number of pyridine rings is 1. The Morgan fingerprint density at radius 2 is 2.21 bits per heavy atom. The molecule has 0 saturated carbocycles. The lowest BCUT2D eigenvalue weighted by Crippen LogP contribution is -2.37. The molecular formula is C10H17N5O3S. The number of nitrogen functional groups attached to an aromatic ring is 1. The summed E-state index contributed by atoms with van der Waals surface area (Å²) in [6.45, 7) is 2.07. The van der Waals surface area contributed by atoms with Crippen LogP contribution in [0.3, 0.4) is 0 Å². The van der Waals surface area contributed by atoms with Gasteiger partial charge in [0, 0.05) is 12.7 Å². The van der Waals surface area contributed by atoms with Crippen molar-refractivity contribution >= 4 is 21.7 Å². The van der Waals surface area contributed by atoms with E-state index in [0.717, 1.165) is 6.42 Å². The lowest BCUT2D eigenvalue weighted by Gasteiger charge is -2.09. The number of nitrogens with two attached hydrogens (primary N) is 1. The summed E-state index contributed by atoms with van der Waals surface area (Å²) in [5.74, 6) is 4.81. The molecule has 0 atom stereocenters. The molecular weight excluding hydrogens is 270 g/mol. The maximum atomic E-state index is 12.0. The van der Waals surface area contributed by atoms with Crippen LogP contribution < -0.4 is 21.3 Å². The second kappa shape index (κ2) is 7.02. The molecule has 0 aliphatic rings. The molecule has 8 nitrogen and oxygen atoms in total. The number of hydrogen-bond donors (Lipinski definition) is 4. The summed E-state index contributed by atoms with van der Waals surface area (Å²) in [6.07, 6.45) is 2.19. The second-order valence-corrected chi connectivity index (χ2v) is 5.40. The number of nitrogens with zero attached hydrogens (tertiary/aromatic N) is 1. The molecule has 0 aliphatic carbocycles. The number of aromatic nitrogens is 1. The van der Waals surface area contributed by atoms with Crippen molar-refractivity contribution in [1.82, 2.24) is 15.0 Å². The topological polar surface area (TPSA) is 126 Å². The van der Waals surface area contributed by atoms with E-state index in [0.29, 0.717) is 6.54 Å². The molecule has 106 valence electrons. The van der Waals surface area contributed by atoms with Crippen LogP contribution in [0.15, 0.2) is 23.2 Å². The number of rotatable bonds is 7. The molecule has 0 spiro atoms. The molecule has 0 unspecified atom stereocenters. The van der Waals surface area contributed by atoms with Gasteiger partial charge in [-0.15, -0.1) is 0 Å². The van der Waals surface area contributed by atoms with Crippen LogP contribution in [0.25, 0.3) is 0 Å². The fraction of sp³-hybridized carbons (Fsp3) is 0.400. The van der Waals surface area contributed by atoms with Crippen LogP contribution in [-0.4, -0.2) is 32.4 Å². The Labute approximate surface area is 111 Å². The standard InChI is InChI=1S/C10H17N5O3S/c1-2-5-12-9(16)7-14-19(17,18)8-4-3-6-13-10(8)15-11/h3-4,6,14H,2,5,7,11H2,1H3,(H,12,16)(H,13,15). The average Bonchev–Trinajstić information content (AvgIpc) is 2.43. The van der Waals surface area contributed by atoms with Crippen LogP contribution in [0.5, 0.6) is 0 Å². The summed E-state index contributed by atoms with van der Waals surface area (Å²) in [5.41, 5.74) is 2.19. The van der Waals surface area contributed by atoms with Gasteiger partial charge in [-0.3, -0.25) is 4.79 Å². The van der Waals surface area contributed by atoms with Crippen molar-refractivity contribution in [2.75, 3.05) is 18.5 Å². The molecule has 0 aliphatic heterocycles. The van der Waals surface area contributed by atoms with Gasteiger partial charge in [-0.25, -0.2) is 24.0 Å². The molecule has 9 heteroatoms. The molecule has 1 aromatic heterocycles. The number of hydrogen-bond acceptors (Lipinski definition) is 6. The third-order valence-corrected chi connectivity index (χ3v) is 3.62. The van der Waals surface area contributed by atoms with Crippen molar-refractivity contribution in [3.05, 3.63) is 18.3 Å². The number of carbonyl (C=O) groups is 1. The summed E-state index contributed by atoms with van der Waals surface area (Å²) >= 11 is 0. The van der Waals surface area contributed by atoms with Crippen LogP contribution in [0, 0.1) is 0 Å². The molecule has 19 heavy (non-hydrogen) atoms. The van der Waals surface area contributed by atoms with E-state index >= 15 is 0 Å². The molecule has 1 heterocycles. The van der Waals surface area contributed by atoms with E-state index in [1.54, 1.807) is 0 Å². The first-order chi connectivity index (χ1) is 9.01. The number of sulfonamides is 1. The van der Waals surface area contributed by atoms with Gasteiger partial charge < -0.3 is 10.7 Å². The van der Waals surface area contributed by atoms with Gasteiger partial charge in [0.25, 0.3) is 0 Å². The highest BCUT2D eigenvalue weighted by Crippen LogP contribution is 2.15. The number of carbonyl (C=O) groups excluding carboxylic acids is 1. The minimum absolute atomic E-state index is 0.0176. The Morgan fingerprint density at radius 3 is 2.84 bits per heavy atom. The van der Waals surface area contributed by atoms with Gasteiger partial charge >= 0.3 is 0 Å². The van der Waals surface area contributed by atoms with Crippen molar-refractivity contribution in [2.24, 2.45) is 5.84 Å². The van der Waals surface area contributed by atoms with Crippen LogP contribution >= 0.6 is 0 Å². The molecule has 0 aromatic carbocycles. The van der Waals surface area contributed by atoms with Gasteiger partial charge in [0.05, 0.1) is 6.54 Å². The smallest absolute Gasteiger partial charge is 0.244 e. The molecule has 1 aromatic rings. The van der Waals surface area contributed by atoms with E-state index in [9.17, 15) is 13.2 Å². The normalized spacial score (nSPS) is 11.1. The first-order valence-corrected chi connectivity index (χ1v) is 7.17. The second-order valence-electron chi connectivity index (χ2n) is 3.67. The fourth-order valence-corrected chi connectivity index (χ4v) is 2.38. The molecule has 1 amide bonds. The van der Waals surface area contributed by atoms with E-state index in [2.05, 4.69) is 20.4 Å². The quantitative estimate of drug-likeness (QED) is 0.383. The summed E-state index contributed by atoms with van der Waals surface area (Å²) in [5, 5.41) is 2.56. The lowest BCUT2D eigenvalue weighted by molar-refractivity contribution is -0.119. The van der Waals surface area contributed by atoms with Crippen LogP contribution in [0.2, 0.25) is 0 Å². The Balaban J connectivity index is 2.73.